The minimum Gasteiger partial charge on any atom is -0.383 e. The minimum atomic E-state index is -0.489. The van der Waals surface area contributed by atoms with E-state index >= 15 is 0 Å². The van der Waals surface area contributed by atoms with Crippen molar-refractivity contribution in [3.63, 3.8) is 0 Å². The van der Waals surface area contributed by atoms with Gasteiger partial charge < -0.3 is 10.5 Å². The van der Waals surface area contributed by atoms with E-state index < -0.39 is 8.80 Å². The van der Waals surface area contributed by atoms with Crippen molar-refractivity contribution in [3.05, 3.63) is 33.8 Å². The van der Waals surface area contributed by atoms with Gasteiger partial charge in [-0.15, -0.1) is 0 Å². The first-order valence-electron chi connectivity index (χ1n) is 8.06. The summed E-state index contributed by atoms with van der Waals surface area (Å²) in [6, 6.07) is 6.44. The lowest BCUT2D eigenvalue weighted by Crippen LogP contribution is -2.34. The van der Waals surface area contributed by atoms with Crippen LogP contribution in [0.2, 0.25) is 11.6 Å². The predicted octanol–water partition coefficient (Wildman–Crippen LogP) is 4.92. The second-order valence-corrected chi connectivity index (χ2v) is 11.7. The summed E-state index contributed by atoms with van der Waals surface area (Å²) in [4.78, 5) is 0. The van der Waals surface area contributed by atoms with E-state index in [4.69, 9.17) is 10.5 Å². The van der Waals surface area contributed by atoms with Gasteiger partial charge in [0.05, 0.1) is 15.4 Å². The molecule has 1 rings (SSSR count). The SMILES string of the molecule is CC(C)c1cccc(Br)c1C[C@@H](N)COC[Si](C)C(C)(C)C. The van der Waals surface area contributed by atoms with Crippen LogP contribution in [0.1, 0.15) is 51.7 Å². The zero-order valence-corrected chi connectivity index (χ0v) is 17.5. The Morgan fingerprint density at radius 2 is 1.91 bits per heavy atom. The highest BCUT2D eigenvalue weighted by atomic mass is 79.9. The molecular formula is C18H31BrNOSi. The van der Waals surface area contributed by atoms with Crippen molar-refractivity contribution in [2.45, 2.75) is 64.6 Å². The van der Waals surface area contributed by atoms with Crippen LogP contribution in [-0.2, 0) is 11.2 Å². The molecule has 2 nitrogen and oxygen atoms in total. The highest BCUT2D eigenvalue weighted by molar-refractivity contribution is 9.10. The van der Waals surface area contributed by atoms with Crippen molar-refractivity contribution in [1.29, 1.82) is 0 Å². The first-order valence-corrected chi connectivity index (χ1v) is 11.1. The van der Waals surface area contributed by atoms with Gasteiger partial charge in [-0.3, -0.25) is 0 Å². The van der Waals surface area contributed by atoms with Crippen LogP contribution in [0.5, 0.6) is 0 Å². The third-order valence-electron chi connectivity index (χ3n) is 4.17. The molecule has 1 aromatic rings. The molecule has 0 amide bonds. The maximum atomic E-state index is 6.30. The maximum absolute atomic E-state index is 6.30. The topological polar surface area (TPSA) is 35.2 Å². The average molecular weight is 385 g/mol. The van der Waals surface area contributed by atoms with Gasteiger partial charge in [-0.25, -0.2) is 0 Å². The van der Waals surface area contributed by atoms with Crippen LogP contribution in [-0.4, -0.2) is 27.7 Å². The number of nitrogens with two attached hydrogens (primary N) is 1. The van der Waals surface area contributed by atoms with Crippen LogP contribution in [0.3, 0.4) is 0 Å². The predicted molar refractivity (Wildman–Crippen MR) is 102 cm³/mol. The van der Waals surface area contributed by atoms with Gasteiger partial charge in [0.15, 0.2) is 0 Å². The fraction of sp³-hybridized carbons (Fsp3) is 0.667. The second kappa shape index (κ2) is 8.62. The summed E-state index contributed by atoms with van der Waals surface area (Å²) in [7, 11) is -0.489. The molecule has 0 saturated heterocycles. The highest BCUT2D eigenvalue weighted by Gasteiger charge is 2.22. The molecule has 0 aromatic heterocycles. The summed E-state index contributed by atoms with van der Waals surface area (Å²) in [5.41, 5.74) is 9.00. The minimum absolute atomic E-state index is 0.0472. The van der Waals surface area contributed by atoms with E-state index in [9.17, 15) is 0 Å². The molecule has 0 aliphatic carbocycles. The number of rotatable bonds is 7. The molecule has 0 fully saturated rings. The van der Waals surface area contributed by atoms with Crippen molar-refractivity contribution in [2.24, 2.45) is 5.73 Å². The Labute approximate surface area is 146 Å². The number of hydrogen-bond acceptors (Lipinski definition) is 2. The maximum Gasteiger partial charge on any atom is 0.0830 e. The van der Waals surface area contributed by atoms with Crippen LogP contribution in [0.25, 0.3) is 0 Å². The van der Waals surface area contributed by atoms with E-state index in [1.807, 2.05) is 0 Å². The van der Waals surface area contributed by atoms with E-state index in [2.05, 4.69) is 75.3 Å². The molecule has 125 valence electrons. The third kappa shape index (κ3) is 6.15. The first-order chi connectivity index (χ1) is 10.1. The van der Waals surface area contributed by atoms with Crippen molar-refractivity contribution in [1.82, 2.24) is 0 Å². The van der Waals surface area contributed by atoms with E-state index in [-0.39, 0.29) is 6.04 Å². The molecule has 0 saturated carbocycles. The van der Waals surface area contributed by atoms with Gasteiger partial charge in [-0.2, -0.15) is 0 Å². The molecule has 22 heavy (non-hydrogen) atoms. The Morgan fingerprint density at radius 1 is 1.27 bits per heavy atom. The Kier molecular flexibility index (Phi) is 7.79. The molecule has 0 unspecified atom stereocenters. The Hall–Kier alpha value is -0.163. The van der Waals surface area contributed by atoms with Crippen molar-refractivity contribution < 1.29 is 4.74 Å². The quantitative estimate of drug-likeness (QED) is 0.676. The lowest BCUT2D eigenvalue weighted by Gasteiger charge is -2.26. The van der Waals surface area contributed by atoms with Gasteiger partial charge in [-0.1, -0.05) is 69.2 Å². The molecule has 0 bridgehead atoms. The van der Waals surface area contributed by atoms with Crippen molar-refractivity contribution in [2.75, 3.05) is 12.8 Å². The van der Waals surface area contributed by atoms with Gasteiger partial charge in [-0.05, 0) is 34.6 Å². The molecule has 0 spiro atoms. The summed E-state index contributed by atoms with van der Waals surface area (Å²) in [5, 5.41) is 0.377. The standard InChI is InChI=1S/C18H31BrNOSi/c1-13(2)15-8-7-9-17(19)16(15)10-14(20)11-21-12-22(6)18(3,4)5/h7-9,13-14H,10-12,20H2,1-6H3/t14-/m1/s1. The molecule has 1 aromatic carbocycles. The fourth-order valence-corrected chi connectivity index (χ4v) is 3.63. The highest BCUT2D eigenvalue weighted by Crippen LogP contribution is 2.28. The lowest BCUT2D eigenvalue weighted by molar-refractivity contribution is 0.156. The van der Waals surface area contributed by atoms with Gasteiger partial charge in [0.1, 0.15) is 0 Å². The number of ether oxygens (including phenoxy) is 1. The number of hydrogen-bond donors (Lipinski definition) is 1. The van der Waals surface area contributed by atoms with Gasteiger partial charge >= 0.3 is 0 Å². The van der Waals surface area contributed by atoms with Crippen LogP contribution in [0.15, 0.2) is 22.7 Å². The summed E-state index contributed by atoms with van der Waals surface area (Å²) in [6.07, 6.45) is 1.73. The largest absolute Gasteiger partial charge is 0.383 e. The van der Waals surface area contributed by atoms with E-state index in [1.54, 1.807) is 0 Å². The van der Waals surface area contributed by atoms with E-state index in [0.717, 1.165) is 17.1 Å². The number of benzene rings is 1. The summed E-state index contributed by atoms with van der Waals surface area (Å²) in [6.45, 7) is 14.3. The lowest BCUT2D eigenvalue weighted by atomic mass is 9.93. The van der Waals surface area contributed by atoms with E-state index in [0.29, 0.717) is 17.6 Å². The van der Waals surface area contributed by atoms with Crippen LogP contribution >= 0.6 is 15.9 Å². The molecule has 2 N–H and O–H groups in total. The first kappa shape index (κ1) is 19.9. The van der Waals surface area contributed by atoms with Gasteiger partial charge in [0.25, 0.3) is 0 Å². The van der Waals surface area contributed by atoms with Crippen LogP contribution in [0.4, 0.5) is 0 Å². The smallest absolute Gasteiger partial charge is 0.0830 e. The number of halogens is 1. The molecule has 4 heteroatoms. The van der Waals surface area contributed by atoms with Gasteiger partial charge in [0.2, 0.25) is 0 Å². The Morgan fingerprint density at radius 3 is 2.45 bits per heavy atom. The van der Waals surface area contributed by atoms with Crippen LogP contribution < -0.4 is 5.73 Å². The van der Waals surface area contributed by atoms with Crippen molar-refractivity contribution >= 4 is 24.7 Å². The van der Waals surface area contributed by atoms with Crippen LogP contribution in [0, 0.1) is 0 Å². The fourth-order valence-electron chi connectivity index (χ4n) is 2.23. The zero-order chi connectivity index (χ0) is 16.9. The second-order valence-electron chi connectivity index (χ2n) is 7.47. The molecule has 1 radical (unpaired) electrons. The zero-order valence-electron chi connectivity index (χ0n) is 14.9. The van der Waals surface area contributed by atoms with Gasteiger partial charge in [0, 0.05) is 16.7 Å². The Balaban J connectivity index is 2.58. The monoisotopic (exact) mass is 384 g/mol. The van der Waals surface area contributed by atoms with Crippen molar-refractivity contribution in [3.8, 4) is 0 Å². The summed E-state index contributed by atoms with van der Waals surface area (Å²) < 4.78 is 7.06. The summed E-state index contributed by atoms with van der Waals surface area (Å²) >= 11 is 3.67. The third-order valence-corrected chi connectivity index (χ3v) is 8.11. The summed E-state index contributed by atoms with van der Waals surface area (Å²) in [5.74, 6) is 0.506. The normalized spacial score (nSPS) is 13.9. The Bertz CT molecular complexity index is 471. The average Bonchev–Trinajstić information content (AvgIpc) is 2.39. The molecule has 0 heterocycles. The molecule has 0 aliphatic rings. The molecule has 0 aliphatic heterocycles. The molecular weight excluding hydrogens is 354 g/mol. The molecule has 1 atom stereocenters. The van der Waals surface area contributed by atoms with E-state index in [1.165, 1.54) is 11.1 Å².